The molecule has 110 valence electrons. The molecule has 2 nitrogen and oxygen atoms in total. The maximum absolute atomic E-state index is 3.54. The van der Waals surface area contributed by atoms with Crippen LogP contribution in [0.15, 0.2) is 18.5 Å². The second kappa shape index (κ2) is 10.1. The standard InChI is InChI=1S/C17H32N2/c1-4-12-19-13-10-17(15-19)14-18-11-8-6-5-7-9-16(2)3/h10,13,15-16,18H,4-9,11-12,14H2,1-3H3. The third-order valence-corrected chi connectivity index (χ3v) is 3.51. The maximum Gasteiger partial charge on any atom is 0.0220 e. The van der Waals surface area contributed by atoms with E-state index in [4.69, 9.17) is 0 Å². The molecule has 0 saturated carbocycles. The smallest absolute Gasteiger partial charge is 0.0220 e. The fourth-order valence-electron chi connectivity index (χ4n) is 2.38. The molecule has 0 fully saturated rings. The molecule has 1 rings (SSSR count). The van der Waals surface area contributed by atoms with Gasteiger partial charge in [-0.15, -0.1) is 0 Å². The van der Waals surface area contributed by atoms with Gasteiger partial charge in [-0.25, -0.2) is 0 Å². The van der Waals surface area contributed by atoms with Gasteiger partial charge in [0.05, 0.1) is 0 Å². The molecule has 2 heteroatoms. The van der Waals surface area contributed by atoms with E-state index in [9.17, 15) is 0 Å². The highest BCUT2D eigenvalue weighted by atomic mass is 14.9. The van der Waals surface area contributed by atoms with E-state index in [1.807, 2.05) is 0 Å². The van der Waals surface area contributed by atoms with Gasteiger partial charge in [0, 0.05) is 25.5 Å². The van der Waals surface area contributed by atoms with Crippen LogP contribution in [-0.2, 0) is 13.1 Å². The predicted molar refractivity (Wildman–Crippen MR) is 84.4 cm³/mol. The van der Waals surface area contributed by atoms with Gasteiger partial charge in [0.1, 0.15) is 0 Å². The third-order valence-electron chi connectivity index (χ3n) is 3.51. The SMILES string of the molecule is CCCn1ccc(CNCCCCCCC(C)C)c1. The lowest BCUT2D eigenvalue weighted by molar-refractivity contribution is 0.512. The Morgan fingerprint density at radius 1 is 1.16 bits per heavy atom. The average molecular weight is 264 g/mol. The third kappa shape index (κ3) is 8.10. The number of unbranched alkanes of at least 4 members (excludes halogenated alkanes) is 3. The van der Waals surface area contributed by atoms with E-state index in [1.54, 1.807) is 0 Å². The second-order valence-electron chi connectivity index (χ2n) is 6.03. The van der Waals surface area contributed by atoms with E-state index < -0.39 is 0 Å². The van der Waals surface area contributed by atoms with Gasteiger partial charge in [-0.05, 0) is 36.9 Å². The Morgan fingerprint density at radius 3 is 2.68 bits per heavy atom. The van der Waals surface area contributed by atoms with Crippen molar-refractivity contribution in [2.24, 2.45) is 5.92 Å². The van der Waals surface area contributed by atoms with Gasteiger partial charge in [-0.2, -0.15) is 0 Å². The van der Waals surface area contributed by atoms with Crippen LogP contribution in [0.2, 0.25) is 0 Å². The van der Waals surface area contributed by atoms with Crippen molar-refractivity contribution in [3.63, 3.8) is 0 Å². The van der Waals surface area contributed by atoms with Crippen molar-refractivity contribution >= 4 is 0 Å². The fraction of sp³-hybridized carbons (Fsp3) is 0.765. The van der Waals surface area contributed by atoms with E-state index in [0.29, 0.717) is 0 Å². The van der Waals surface area contributed by atoms with Crippen LogP contribution in [0.25, 0.3) is 0 Å². The Labute approximate surface area is 119 Å². The zero-order chi connectivity index (χ0) is 13.9. The molecule has 0 radical (unpaired) electrons. The summed E-state index contributed by atoms with van der Waals surface area (Å²) in [5, 5.41) is 3.54. The first kappa shape index (κ1) is 16.3. The molecule has 0 amide bonds. The van der Waals surface area contributed by atoms with Crippen molar-refractivity contribution in [1.82, 2.24) is 9.88 Å². The van der Waals surface area contributed by atoms with E-state index in [2.05, 4.69) is 49.1 Å². The summed E-state index contributed by atoms with van der Waals surface area (Å²) in [6.45, 7) is 10.1. The summed E-state index contributed by atoms with van der Waals surface area (Å²) in [5.41, 5.74) is 1.41. The second-order valence-corrected chi connectivity index (χ2v) is 6.03. The summed E-state index contributed by atoms with van der Waals surface area (Å²) < 4.78 is 2.28. The van der Waals surface area contributed by atoms with Crippen LogP contribution in [-0.4, -0.2) is 11.1 Å². The minimum Gasteiger partial charge on any atom is -0.354 e. The topological polar surface area (TPSA) is 17.0 Å². The Kier molecular flexibility index (Phi) is 8.64. The van der Waals surface area contributed by atoms with Crippen LogP contribution in [0.1, 0.15) is 64.9 Å². The highest BCUT2D eigenvalue weighted by Crippen LogP contribution is 2.09. The first-order chi connectivity index (χ1) is 9.22. The molecule has 0 aliphatic rings. The minimum absolute atomic E-state index is 0.866. The normalized spacial score (nSPS) is 11.4. The monoisotopic (exact) mass is 264 g/mol. The first-order valence-electron chi connectivity index (χ1n) is 8.07. The van der Waals surface area contributed by atoms with Gasteiger partial charge in [-0.1, -0.05) is 46.5 Å². The first-order valence-corrected chi connectivity index (χ1v) is 8.07. The van der Waals surface area contributed by atoms with E-state index >= 15 is 0 Å². The summed E-state index contributed by atoms with van der Waals surface area (Å²) in [7, 11) is 0. The van der Waals surface area contributed by atoms with E-state index in [1.165, 1.54) is 44.1 Å². The molecule has 1 aromatic heterocycles. The number of hydrogen-bond donors (Lipinski definition) is 1. The zero-order valence-corrected chi connectivity index (χ0v) is 13.1. The highest BCUT2D eigenvalue weighted by molar-refractivity contribution is 5.09. The molecule has 0 bridgehead atoms. The van der Waals surface area contributed by atoms with Gasteiger partial charge in [0.25, 0.3) is 0 Å². The Bertz CT molecular complexity index is 315. The Balaban J connectivity index is 1.95. The molecule has 0 aliphatic heterocycles. The van der Waals surface area contributed by atoms with E-state index in [-0.39, 0.29) is 0 Å². The zero-order valence-electron chi connectivity index (χ0n) is 13.1. The van der Waals surface area contributed by atoms with Gasteiger partial charge >= 0.3 is 0 Å². The molecule has 0 aromatic carbocycles. The van der Waals surface area contributed by atoms with Crippen LogP contribution in [0.4, 0.5) is 0 Å². The van der Waals surface area contributed by atoms with Gasteiger partial charge in [0.2, 0.25) is 0 Å². The van der Waals surface area contributed by atoms with Crippen LogP contribution in [0.5, 0.6) is 0 Å². The van der Waals surface area contributed by atoms with Gasteiger partial charge in [-0.3, -0.25) is 0 Å². The summed E-state index contributed by atoms with van der Waals surface area (Å²) >= 11 is 0. The summed E-state index contributed by atoms with van der Waals surface area (Å²) in [4.78, 5) is 0. The summed E-state index contributed by atoms with van der Waals surface area (Å²) in [5.74, 6) is 0.866. The van der Waals surface area contributed by atoms with Crippen LogP contribution in [0.3, 0.4) is 0 Å². The number of aromatic nitrogens is 1. The fourth-order valence-corrected chi connectivity index (χ4v) is 2.38. The molecule has 1 aromatic rings. The summed E-state index contributed by atoms with van der Waals surface area (Å²) in [6.07, 6.45) is 12.5. The highest BCUT2D eigenvalue weighted by Gasteiger charge is 1.97. The molecule has 0 atom stereocenters. The number of hydrogen-bond acceptors (Lipinski definition) is 1. The maximum atomic E-state index is 3.54. The summed E-state index contributed by atoms with van der Waals surface area (Å²) in [6, 6.07) is 2.23. The number of nitrogens with zero attached hydrogens (tertiary/aromatic N) is 1. The molecule has 0 unspecified atom stereocenters. The number of nitrogens with one attached hydrogen (secondary N) is 1. The van der Waals surface area contributed by atoms with Crippen molar-refractivity contribution in [3.05, 3.63) is 24.0 Å². The molecule has 0 spiro atoms. The lowest BCUT2D eigenvalue weighted by Gasteiger charge is -2.05. The minimum atomic E-state index is 0.866. The number of aryl methyl sites for hydroxylation is 1. The molecule has 0 aliphatic carbocycles. The largest absolute Gasteiger partial charge is 0.354 e. The molecular weight excluding hydrogens is 232 g/mol. The Morgan fingerprint density at radius 2 is 1.95 bits per heavy atom. The molecule has 19 heavy (non-hydrogen) atoms. The molecular formula is C17H32N2. The Hall–Kier alpha value is -0.760. The van der Waals surface area contributed by atoms with Crippen molar-refractivity contribution < 1.29 is 0 Å². The van der Waals surface area contributed by atoms with Gasteiger partial charge in [0.15, 0.2) is 0 Å². The van der Waals surface area contributed by atoms with Crippen molar-refractivity contribution in [1.29, 1.82) is 0 Å². The van der Waals surface area contributed by atoms with Gasteiger partial charge < -0.3 is 9.88 Å². The number of rotatable bonds is 11. The van der Waals surface area contributed by atoms with Crippen LogP contribution in [0, 0.1) is 5.92 Å². The average Bonchev–Trinajstić information content (AvgIpc) is 2.80. The van der Waals surface area contributed by atoms with Crippen molar-refractivity contribution in [2.45, 2.75) is 72.4 Å². The predicted octanol–water partition coefficient (Wildman–Crippen LogP) is 4.59. The van der Waals surface area contributed by atoms with Crippen molar-refractivity contribution in [2.75, 3.05) is 6.54 Å². The molecule has 1 heterocycles. The van der Waals surface area contributed by atoms with E-state index in [0.717, 1.165) is 25.6 Å². The molecule has 0 saturated heterocycles. The lowest BCUT2D eigenvalue weighted by atomic mass is 10.0. The molecule has 1 N–H and O–H groups in total. The quantitative estimate of drug-likeness (QED) is 0.578. The van der Waals surface area contributed by atoms with Crippen LogP contribution < -0.4 is 5.32 Å². The van der Waals surface area contributed by atoms with Crippen LogP contribution >= 0.6 is 0 Å². The lowest BCUT2D eigenvalue weighted by Crippen LogP contribution is -2.14. The van der Waals surface area contributed by atoms with Crippen molar-refractivity contribution in [3.8, 4) is 0 Å².